The normalized spacial score (nSPS) is 11.5. The van der Waals surface area contributed by atoms with E-state index in [-0.39, 0.29) is 23.4 Å². The number of nitrogens with zero attached hydrogens (tertiary/aromatic N) is 5. The summed E-state index contributed by atoms with van der Waals surface area (Å²) >= 11 is 0. The number of aromatic amines is 1. The molecule has 0 aliphatic carbocycles. The molecule has 10 nitrogen and oxygen atoms in total. The minimum atomic E-state index is -0.343. The lowest BCUT2D eigenvalue weighted by molar-refractivity contribution is 0.256. The molecular formula is C38H47N7O3. The van der Waals surface area contributed by atoms with E-state index < -0.39 is 0 Å². The molecule has 5 rings (SSSR count). The number of benzene rings is 2. The average molecular weight is 650 g/mol. The number of hydrogen-bond donors (Lipinski definition) is 2. The highest BCUT2D eigenvalue weighted by Gasteiger charge is 2.24. The van der Waals surface area contributed by atoms with Crippen LogP contribution in [-0.2, 0) is 6.54 Å². The topological polar surface area (TPSA) is 118 Å². The van der Waals surface area contributed by atoms with Crippen LogP contribution in [0.3, 0.4) is 0 Å². The SMILES string of the molecule is CC(C)CCCN(C(=O)Nc1c(C(C)C)cc(-c2cccc(OCCCn3cncn3)c2)cc1C(C)C)c1cc2cccnc2[nH]c1=O. The molecule has 0 fully saturated rings. The number of carbonyl (C=O) groups is 1. The fourth-order valence-electron chi connectivity index (χ4n) is 5.83. The van der Waals surface area contributed by atoms with Gasteiger partial charge < -0.3 is 15.0 Å². The van der Waals surface area contributed by atoms with Crippen LogP contribution in [0.5, 0.6) is 5.75 Å². The summed E-state index contributed by atoms with van der Waals surface area (Å²) in [7, 11) is 0. The highest BCUT2D eigenvalue weighted by Crippen LogP contribution is 2.38. The number of nitrogens with one attached hydrogen (secondary N) is 2. The molecule has 0 radical (unpaired) electrons. The third-order valence-electron chi connectivity index (χ3n) is 8.40. The van der Waals surface area contributed by atoms with Crippen LogP contribution in [0.15, 0.2) is 78.2 Å². The van der Waals surface area contributed by atoms with Crippen LogP contribution in [0, 0.1) is 5.92 Å². The number of urea groups is 1. The van der Waals surface area contributed by atoms with Gasteiger partial charge in [0.1, 0.15) is 29.7 Å². The fraction of sp³-hybridized carbons (Fsp3) is 0.395. The van der Waals surface area contributed by atoms with Crippen LogP contribution in [0.25, 0.3) is 22.2 Å². The lowest BCUT2D eigenvalue weighted by atomic mass is 9.88. The van der Waals surface area contributed by atoms with E-state index in [0.717, 1.165) is 64.9 Å². The van der Waals surface area contributed by atoms with E-state index in [2.05, 4.69) is 91.2 Å². The number of pyridine rings is 2. The van der Waals surface area contributed by atoms with E-state index in [1.165, 1.54) is 6.33 Å². The van der Waals surface area contributed by atoms with Crippen LogP contribution in [-0.4, -0.2) is 43.9 Å². The Balaban J connectivity index is 1.45. The molecule has 0 saturated heterocycles. The summed E-state index contributed by atoms with van der Waals surface area (Å²) in [4.78, 5) is 40.3. The highest BCUT2D eigenvalue weighted by atomic mass is 16.5. The van der Waals surface area contributed by atoms with Gasteiger partial charge in [-0.25, -0.2) is 14.8 Å². The average Bonchev–Trinajstić information content (AvgIpc) is 3.58. The van der Waals surface area contributed by atoms with Crippen molar-refractivity contribution in [1.29, 1.82) is 0 Å². The zero-order chi connectivity index (χ0) is 34.2. The summed E-state index contributed by atoms with van der Waals surface area (Å²) in [6.45, 7) is 14.6. The number of rotatable bonds is 14. The maximum atomic E-state index is 14.2. The smallest absolute Gasteiger partial charge is 0.326 e. The van der Waals surface area contributed by atoms with Crippen LogP contribution < -0.4 is 20.5 Å². The van der Waals surface area contributed by atoms with Crippen molar-refractivity contribution in [2.75, 3.05) is 23.4 Å². The van der Waals surface area contributed by atoms with Crippen LogP contribution >= 0.6 is 0 Å². The van der Waals surface area contributed by atoms with Gasteiger partial charge in [-0.05, 0) is 95.3 Å². The van der Waals surface area contributed by atoms with Crippen molar-refractivity contribution in [1.82, 2.24) is 24.7 Å². The largest absolute Gasteiger partial charge is 0.494 e. The Kier molecular flexibility index (Phi) is 11.3. The molecule has 0 bridgehead atoms. The monoisotopic (exact) mass is 649 g/mol. The maximum absolute atomic E-state index is 14.2. The Hall–Kier alpha value is -4.99. The van der Waals surface area contributed by atoms with Crippen LogP contribution in [0.4, 0.5) is 16.2 Å². The molecule has 3 heterocycles. The third-order valence-corrected chi connectivity index (χ3v) is 8.40. The predicted molar refractivity (Wildman–Crippen MR) is 193 cm³/mol. The first-order chi connectivity index (χ1) is 23.1. The summed E-state index contributed by atoms with van der Waals surface area (Å²) in [5.41, 5.74) is 5.41. The molecule has 3 aromatic heterocycles. The molecule has 0 unspecified atom stereocenters. The van der Waals surface area contributed by atoms with E-state index in [1.807, 2.05) is 24.3 Å². The minimum absolute atomic E-state index is 0.124. The molecule has 2 amide bonds. The molecule has 10 heteroatoms. The summed E-state index contributed by atoms with van der Waals surface area (Å²) in [5.74, 6) is 1.52. The Bertz CT molecular complexity index is 1850. The standard InChI is InChI=1S/C38H47N7O3/c1-25(2)11-9-17-45(34-22-29-13-8-15-40-36(29)43-37(34)46)38(47)42-35-32(26(3)4)20-30(21-33(35)27(5)6)28-12-7-14-31(19-28)48-18-10-16-44-24-39-23-41-44/h7-8,12-15,19-27H,9-11,16-18H2,1-6H3,(H,42,47)(H,40,43,46). The van der Waals surface area contributed by atoms with Crippen molar-refractivity contribution >= 4 is 28.4 Å². The summed E-state index contributed by atoms with van der Waals surface area (Å²) in [6, 6.07) is 17.6. The second-order valence-electron chi connectivity index (χ2n) is 13.3. The first-order valence-corrected chi connectivity index (χ1v) is 16.9. The maximum Gasteiger partial charge on any atom is 0.326 e. The molecule has 0 atom stereocenters. The molecule has 48 heavy (non-hydrogen) atoms. The zero-order valence-corrected chi connectivity index (χ0v) is 28.9. The second-order valence-corrected chi connectivity index (χ2v) is 13.3. The molecule has 0 spiro atoms. The molecule has 0 aliphatic heterocycles. The lowest BCUT2D eigenvalue weighted by Gasteiger charge is -2.27. The number of fused-ring (bicyclic) bond motifs is 1. The van der Waals surface area contributed by atoms with Gasteiger partial charge in [-0.1, -0.05) is 53.7 Å². The Morgan fingerprint density at radius 1 is 0.958 bits per heavy atom. The van der Waals surface area contributed by atoms with Gasteiger partial charge in [0.15, 0.2) is 0 Å². The van der Waals surface area contributed by atoms with E-state index >= 15 is 0 Å². The number of aromatic nitrogens is 5. The van der Waals surface area contributed by atoms with E-state index in [9.17, 15) is 9.59 Å². The number of hydrogen-bond acceptors (Lipinski definition) is 6. The Labute approximate surface area is 282 Å². The molecule has 252 valence electrons. The van der Waals surface area contributed by atoms with Gasteiger partial charge in [0.05, 0.1) is 6.61 Å². The van der Waals surface area contributed by atoms with Gasteiger partial charge in [0, 0.05) is 36.8 Å². The number of carbonyl (C=O) groups excluding carboxylic acids is 1. The molecular weight excluding hydrogens is 602 g/mol. The van der Waals surface area contributed by atoms with Crippen LogP contribution in [0.1, 0.15) is 83.8 Å². The number of amides is 2. The summed E-state index contributed by atoms with van der Waals surface area (Å²) in [6.07, 6.45) is 7.39. The zero-order valence-electron chi connectivity index (χ0n) is 28.9. The van der Waals surface area contributed by atoms with Crippen LogP contribution in [0.2, 0.25) is 0 Å². The molecule has 0 aliphatic rings. The molecule has 0 saturated carbocycles. The van der Waals surface area contributed by atoms with Crippen molar-refractivity contribution in [3.63, 3.8) is 0 Å². The predicted octanol–water partition coefficient (Wildman–Crippen LogP) is 8.37. The highest BCUT2D eigenvalue weighted by molar-refractivity contribution is 6.03. The van der Waals surface area contributed by atoms with Crippen molar-refractivity contribution < 1.29 is 9.53 Å². The first kappa shape index (κ1) is 34.3. The Morgan fingerprint density at radius 2 is 1.73 bits per heavy atom. The van der Waals surface area contributed by atoms with Gasteiger partial charge in [-0.3, -0.25) is 14.4 Å². The summed E-state index contributed by atoms with van der Waals surface area (Å²) in [5, 5.41) is 8.19. The summed E-state index contributed by atoms with van der Waals surface area (Å²) < 4.78 is 7.89. The van der Waals surface area contributed by atoms with Crippen molar-refractivity contribution in [3.05, 3.63) is 94.9 Å². The Morgan fingerprint density at radius 3 is 2.42 bits per heavy atom. The van der Waals surface area contributed by atoms with E-state index in [0.29, 0.717) is 30.4 Å². The molecule has 5 aromatic rings. The number of aryl methyl sites for hydroxylation is 1. The first-order valence-electron chi connectivity index (χ1n) is 16.9. The fourth-order valence-corrected chi connectivity index (χ4v) is 5.83. The second kappa shape index (κ2) is 15.7. The lowest BCUT2D eigenvalue weighted by Crippen LogP contribution is -2.39. The van der Waals surface area contributed by atoms with Gasteiger partial charge in [0.2, 0.25) is 0 Å². The minimum Gasteiger partial charge on any atom is -0.494 e. The van der Waals surface area contributed by atoms with E-state index in [4.69, 9.17) is 4.74 Å². The number of ether oxygens (including phenoxy) is 1. The van der Waals surface area contributed by atoms with Crippen molar-refractivity contribution in [2.24, 2.45) is 5.92 Å². The quantitative estimate of drug-likeness (QED) is 0.117. The van der Waals surface area contributed by atoms with Crippen molar-refractivity contribution in [3.8, 4) is 16.9 Å². The van der Waals surface area contributed by atoms with Crippen molar-refractivity contribution in [2.45, 2.75) is 79.2 Å². The van der Waals surface area contributed by atoms with Gasteiger partial charge in [-0.2, -0.15) is 5.10 Å². The van der Waals surface area contributed by atoms with Gasteiger partial charge in [-0.15, -0.1) is 0 Å². The number of anilines is 2. The van der Waals surface area contributed by atoms with Gasteiger partial charge >= 0.3 is 6.03 Å². The van der Waals surface area contributed by atoms with Gasteiger partial charge in [0.25, 0.3) is 5.56 Å². The van der Waals surface area contributed by atoms with E-state index in [1.54, 1.807) is 28.2 Å². The number of H-pyrrole nitrogens is 1. The third kappa shape index (κ3) is 8.48. The molecule has 2 N–H and O–H groups in total. The molecule has 2 aromatic carbocycles.